The van der Waals surface area contributed by atoms with Gasteiger partial charge in [0.05, 0.1) is 5.69 Å². The zero-order chi connectivity index (χ0) is 16.4. The Morgan fingerprint density at radius 3 is 2.52 bits per heavy atom. The zero-order valence-corrected chi connectivity index (χ0v) is 13.8. The van der Waals surface area contributed by atoms with Crippen molar-refractivity contribution in [3.8, 4) is 5.69 Å². The second-order valence-electron chi connectivity index (χ2n) is 6.41. The fourth-order valence-electron chi connectivity index (χ4n) is 3.20. The molecule has 1 saturated heterocycles. The topological polar surface area (TPSA) is 64.2 Å². The molecular weight excluding hydrogens is 288 g/mol. The number of aromatic nitrogens is 2. The van der Waals surface area contributed by atoms with Crippen LogP contribution in [0, 0.1) is 12.8 Å². The minimum absolute atomic E-state index is 0.0194. The van der Waals surface area contributed by atoms with Crippen molar-refractivity contribution in [2.45, 2.75) is 32.7 Å². The maximum absolute atomic E-state index is 12.7. The number of carbonyl (C=O) groups is 1. The lowest BCUT2D eigenvalue weighted by Crippen LogP contribution is -2.42. The third-order valence-electron chi connectivity index (χ3n) is 4.68. The highest BCUT2D eigenvalue weighted by molar-refractivity contribution is 5.92. The van der Waals surface area contributed by atoms with E-state index < -0.39 is 0 Å². The van der Waals surface area contributed by atoms with Crippen LogP contribution in [0.5, 0.6) is 0 Å². The van der Waals surface area contributed by atoms with E-state index in [1.807, 2.05) is 59.8 Å². The number of carbonyl (C=O) groups excluding carboxylic acids is 1. The van der Waals surface area contributed by atoms with Crippen molar-refractivity contribution in [3.05, 3.63) is 47.8 Å². The van der Waals surface area contributed by atoms with Crippen molar-refractivity contribution < 1.29 is 4.79 Å². The number of nitrogens with two attached hydrogens (primary N) is 1. The molecule has 1 fully saturated rings. The number of hydrogen-bond donors (Lipinski definition) is 1. The Kier molecular flexibility index (Phi) is 4.48. The molecule has 2 heterocycles. The Balaban J connectivity index is 1.74. The van der Waals surface area contributed by atoms with Crippen molar-refractivity contribution in [2.75, 3.05) is 13.1 Å². The van der Waals surface area contributed by atoms with Crippen LogP contribution in [0.2, 0.25) is 0 Å². The largest absolute Gasteiger partial charge is 0.337 e. The van der Waals surface area contributed by atoms with Gasteiger partial charge in [0, 0.05) is 24.8 Å². The number of likely N-dealkylation sites (tertiary alicyclic amines) is 1. The molecule has 1 aliphatic rings. The van der Waals surface area contributed by atoms with Crippen LogP contribution in [-0.2, 0) is 0 Å². The summed E-state index contributed by atoms with van der Waals surface area (Å²) in [6, 6.07) is 12.0. The molecule has 5 nitrogen and oxygen atoms in total. The minimum Gasteiger partial charge on any atom is -0.337 e. The molecule has 23 heavy (non-hydrogen) atoms. The van der Waals surface area contributed by atoms with Crippen LogP contribution in [0.15, 0.2) is 36.4 Å². The second-order valence-corrected chi connectivity index (χ2v) is 6.41. The van der Waals surface area contributed by atoms with Crippen LogP contribution >= 0.6 is 0 Å². The van der Waals surface area contributed by atoms with Crippen LogP contribution in [0.4, 0.5) is 0 Å². The van der Waals surface area contributed by atoms with Gasteiger partial charge in [-0.3, -0.25) is 4.79 Å². The summed E-state index contributed by atoms with van der Waals surface area (Å²) in [6.45, 7) is 5.55. The SMILES string of the molecule is Cc1cc(C(=O)N2CCC(C(C)N)CC2)nn1-c1ccccc1. The van der Waals surface area contributed by atoms with Crippen molar-refractivity contribution in [2.24, 2.45) is 11.7 Å². The van der Waals surface area contributed by atoms with E-state index in [1.165, 1.54) is 0 Å². The molecule has 122 valence electrons. The Morgan fingerprint density at radius 1 is 1.26 bits per heavy atom. The highest BCUT2D eigenvalue weighted by Gasteiger charge is 2.27. The average Bonchev–Trinajstić information content (AvgIpc) is 2.97. The highest BCUT2D eigenvalue weighted by Crippen LogP contribution is 2.21. The highest BCUT2D eigenvalue weighted by atomic mass is 16.2. The van der Waals surface area contributed by atoms with Crippen LogP contribution in [0.1, 0.15) is 35.9 Å². The fraction of sp³-hybridized carbons (Fsp3) is 0.444. The summed E-state index contributed by atoms with van der Waals surface area (Å²) >= 11 is 0. The molecule has 0 spiro atoms. The van der Waals surface area contributed by atoms with E-state index in [-0.39, 0.29) is 11.9 Å². The van der Waals surface area contributed by atoms with Gasteiger partial charge in [0.15, 0.2) is 5.69 Å². The van der Waals surface area contributed by atoms with Crippen LogP contribution in [0.3, 0.4) is 0 Å². The Hall–Kier alpha value is -2.14. The first-order valence-electron chi connectivity index (χ1n) is 8.23. The summed E-state index contributed by atoms with van der Waals surface area (Å²) < 4.78 is 1.82. The predicted molar refractivity (Wildman–Crippen MR) is 90.6 cm³/mol. The fourth-order valence-corrected chi connectivity index (χ4v) is 3.20. The number of piperidine rings is 1. The number of benzene rings is 1. The molecule has 1 amide bonds. The van der Waals surface area contributed by atoms with E-state index in [2.05, 4.69) is 5.10 Å². The third-order valence-corrected chi connectivity index (χ3v) is 4.68. The van der Waals surface area contributed by atoms with E-state index in [0.717, 1.165) is 37.3 Å². The van der Waals surface area contributed by atoms with E-state index in [1.54, 1.807) is 0 Å². The van der Waals surface area contributed by atoms with Gasteiger partial charge in [-0.2, -0.15) is 5.10 Å². The number of para-hydroxylation sites is 1. The lowest BCUT2D eigenvalue weighted by atomic mass is 9.91. The normalized spacial score (nSPS) is 17.3. The number of hydrogen-bond acceptors (Lipinski definition) is 3. The third kappa shape index (κ3) is 3.29. The summed E-state index contributed by atoms with van der Waals surface area (Å²) in [7, 11) is 0. The molecule has 0 saturated carbocycles. The first kappa shape index (κ1) is 15.7. The van der Waals surface area contributed by atoms with Gasteiger partial charge in [-0.1, -0.05) is 18.2 Å². The lowest BCUT2D eigenvalue weighted by Gasteiger charge is -2.33. The van der Waals surface area contributed by atoms with E-state index in [9.17, 15) is 4.79 Å². The smallest absolute Gasteiger partial charge is 0.274 e. The van der Waals surface area contributed by atoms with Gasteiger partial charge in [-0.25, -0.2) is 4.68 Å². The summed E-state index contributed by atoms with van der Waals surface area (Å²) in [5.41, 5.74) is 8.42. The summed E-state index contributed by atoms with van der Waals surface area (Å²) in [5, 5.41) is 4.51. The first-order valence-corrected chi connectivity index (χ1v) is 8.23. The van der Waals surface area contributed by atoms with Gasteiger partial charge >= 0.3 is 0 Å². The van der Waals surface area contributed by atoms with Gasteiger partial charge in [-0.05, 0) is 50.8 Å². The van der Waals surface area contributed by atoms with Gasteiger partial charge in [0.2, 0.25) is 0 Å². The molecule has 0 aliphatic carbocycles. The summed E-state index contributed by atoms with van der Waals surface area (Å²) in [6.07, 6.45) is 1.95. The van der Waals surface area contributed by atoms with Crippen molar-refractivity contribution in [3.63, 3.8) is 0 Å². The van der Waals surface area contributed by atoms with Crippen LogP contribution < -0.4 is 5.73 Å². The zero-order valence-electron chi connectivity index (χ0n) is 13.8. The Morgan fingerprint density at radius 2 is 1.91 bits per heavy atom. The summed E-state index contributed by atoms with van der Waals surface area (Å²) in [4.78, 5) is 14.6. The first-order chi connectivity index (χ1) is 11.1. The molecule has 2 aromatic rings. The van der Waals surface area contributed by atoms with Gasteiger partial charge in [0.25, 0.3) is 5.91 Å². The molecular formula is C18H24N4O. The number of nitrogens with zero attached hydrogens (tertiary/aromatic N) is 3. The van der Waals surface area contributed by atoms with E-state index in [0.29, 0.717) is 11.6 Å². The van der Waals surface area contributed by atoms with Gasteiger partial charge in [0.1, 0.15) is 0 Å². The van der Waals surface area contributed by atoms with Gasteiger partial charge in [-0.15, -0.1) is 0 Å². The van der Waals surface area contributed by atoms with Crippen molar-refractivity contribution in [1.82, 2.24) is 14.7 Å². The standard InChI is InChI=1S/C18H24N4O/c1-13-12-17(20-22(13)16-6-4-3-5-7-16)18(23)21-10-8-15(9-11-21)14(2)19/h3-7,12,14-15H,8-11,19H2,1-2H3. The molecule has 2 N–H and O–H groups in total. The molecule has 1 unspecified atom stereocenters. The van der Waals surface area contributed by atoms with Gasteiger partial charge < -0.3 is 10.6 Å². The molecule has 1 aromatic heterocycles. The quantitative estimate of drug-likeness (QED) is 0.946. The molecule has 0 bridgehead atoms. The molecule has 1 aromatic carbocycles. The Labute approximate surface area is 137 Å². The monoisotopic (exact) mass is 312 g/mol. The number of rotatable bonds is 3. The number of aryl methyl sites for hydroxylation is 1. The molecule has 1 aliphatic heterocycles. The van der Waals surface area contributed by atoms with E-state index in [4.69, 9.17) is 5.73 Å². The maximum Gasteiger partial charge on any atom is 0.274 e. The molecule has 3 rings (SSSR count). The Bertz CT molecular complexity index is 670. The van der Waals surface area contributed by atoms with E-state index >= 15 is 0 Å². The molecule has 1 atom stereocenters. The van der Waals surface area contributed by atoms with Crippen LogP contribution in [0.25, 0.3) is 5.69 Å². The maximum atomic E-state index is 12.7. The molecule has 5 heteroatoms. The van der Waals surface area contributed by atoms with Crippen molar-refractivity contribution >= 4 is 5.91 Å². The minimum atomic E-state index is 0.0194. The van der Waals surface area contributed by atoms with Crippen molar-refractivity contribution in [1.29, 1.82) is 0 Å². The van der Waals surface area contributed by atoms with Crippen LogP contribution in [-0.4, -0.2) is 39.7 Å². The second kappa shape index (κ2) is 6.54. The number of amides is 1. The average molecular weight is 312 g/mol. The summed E-state index contributed by atoms with van der Waals surface area (Å²) in [5.74, 6) is 0.536. The predicted octanol–water partition coefficient (Wildman–Crippen LogP) is 2.38. The molecule has 0 radical (unpaired) electrons. The lowest BCUT2D eigenvalue weighted by molar-refractivity contribution is 0.0674.